The third-order valence-electron chi connectivity index (χ3n) is 3.78. The van der Waals surface area contributed by atoms with Gasteiger partial charge < -0.3 is 10.1 Å². The number of morpholine rings is 1. The lowest BCUT2D eigenvalue weighted by Crippen LogP contribution is -2.47. The van der Waals surface area contributed by atoms with Gasteiger partial charge in [-0.15, -0.1) is 11.3 Å². The van der Waals surface area contributed by atoms with Gasteiger partial charge in [-0.05, 0) is 43.7 Å². The van der Waals surface area contributed by atoms with Crippen LogP contribution in [-0.4, -0.2) is 44.1 Å². The lowest BCUT2D eigenvalue weighted by Gasteiger charge is -2.34. The molecule has 2 atom stereocenters. The quantitative estimate of drug-likeness (QED) is 0.894. The maximum absolute atomic E-state index is 12.7. The predicted octanol–water partition coefficient (Wildman–Crippen LogP) is 1.80. The number of nitrogens with zero attached hydrogens (tertiary/aromatic N) is 1. The number of sulfonamides is 1. The van der Waals surface area contributed by atoms with Crippen LogP contribution in [0.1, 0.15) is 32.3 Å². The minimum atomic E-state index is -3.39. The molecular weight excluding hydrogens is 308 g/mol. The molecule has 7 heteroatoms. The van der Waals surface area contributed by atoms with Crippen LogP contribution in [0.2, 0.25) is 0 Å². The third kappa shape index (κ3) is 3.65. The van der Waals surface area contributed by atoms with Crippen LogP contribution in [0.3, 0.4) is 0 Å². The highest BCUT2D eigenvalue weighted by Gasteiger charge is 2.33. The number of thiophene rings is 1. The van der Waals surface area contributed by atoms with Crippen molar-refractivity contribution in [1.82, 2.24) is 9.62 Å². The molecule has 1 aliphatic heterocycles. The molecule has 1 saturated carbocycles. The number of nitrogens with one attached hydrogen (secondary N) is 1. The molecule has 2 aliphatic rings. The predicted molar refractivity (Wildman–Crippen MR) is 82.9 cm³/mol. The molecule has 5 nitrogen and oxygen atoms in total. The van der Waals surface area contributed by atoms with Crippen molar-refractivity contribution in [2.45, 2.75) is 55.7 Å². The zero-order chi connectivity index (χ0) is 15.0. The molecule has 0 unspecified atom stereocenters. The standard InChI is InChI=1S/C14H22N2O3S2/c1-10-7-16(8-11(2)19-10)21(17,18)14-5-12(9-20-14)6-15-13-3-4-13/h5,9-11,13,15H,3-4,6-8H2,1-2H3/t10-,11+. The Balaban J connectivity index is 1.71. The van der Waals surface area contributed by atoms with Crippen LogP contribution >= 0.6 is 11.3 Å². The van der Waals surface area contributed by atoms with Gasteiger partial charge in [0.05, 0.1) is 12.2 Å². The molecule has 0 aromatic carbocycles. The van der Waals surface area contributed by atoms with Gasteiger partial charge in [0.15, 0.2) is 0 Å². The molecule has 2 heterocycles. The second kappa shape index (κ2) is 5.96. The molecule has 3 rings (SSSR count). The van der Waals surface area contributed by atoms with Gasteiger partial charge in [-0.25, -0.2) is 8.42 Å². The topological polar surface area (TPSA) is 58.6 Å². The lowest BCUT2D eigenvalue weighted by molar-refractivity contribution is -0.0440. The summed E-state index contributed by atoms with van der Waals surface area (Å²) < 4.78 is 33.0. The smallest absolute Gasteiger partial charge is 0.252 e. The molecule has 1 saturated heterocycles. The van der Waals surface area contributed by atoms with E-state index in [1.54, 1.807) is 10.4 Å². The Morgan fingerprint density at radius 2 is 2.00 bits per heavy atom. The van der Waals surface area contributed by atoms with E-state index in [0.717, 1.165) is 12.1 Å². The fourth-order valence-corrected chi connectivity index (χ4v) is 5.54. The molecule has 1 N–H and O–H groups in total. The van der Waals surface area contributed by atoms with E-state index in [1.165, 1.54) is 24.2 Å². The van der Waals surface area contributed by atoms with Gasteiger partial charge in [-0.3, -0.25) is 0 Å². The fraction of sp³-hybridized carbons (Fsp3) is 0.714. The van der Waals surface area contributed by atoms with Crippen molar-refractivity contribution in [3.63, 3.8) is 0 Å². The van der Waals surface area contributed by atoms with Crippen LogP contribution < -0.4 is 5.32 Å². The van der Waals surface area contributed by atoms with E-state index < -0.39 is 10.0 Å². The maximum atomic E-state index is 12.7. The fourth-order valence-electron chi connectivity index (χ4n) is 2.58. The lowest BCUT2D eigenvalue weighted by atomic mass is 10.3. The van der Waals surface area contributed by atoms with E-state index in [-0.39, 0.29) is 12.2 Å². The Labute approximate surface area is 130 Å². The first-order valence-electron chi connectivity index (χ1n) is 7.41. The highest BCUT2D eigenvalue weighted by molar-refractivity contribution is 7.91. The number of hydrogen-bond donors (Lipinski definition) is 1. The Bertz CT molecular complexity index is 585. The van der Waals surface area contributed by atoms with E-state index in [4.69, 9.17) is 4.74 Å². The van der Waals surface area contributed by atoms with Crippen molar-refractivity contribution >= 4 is 21.4 Å². The summed E-state index contributed by atoms with van der Waals surface area (Å²) in [5.41, 5.74) is 1.06. The van der Waals surface area contributed by atoms with Gasteiger partial charge in [-0.1, -0.05) is 0 Å². The molecule has 1 aromatic heterocycles. The van der Waals surface area contributed by atoms with E-state index in [9.17, 15) is 8.42 Å². The van der Waals surface area contributed by atoms with Crippen molar-refractivity contribution in [3.05, 3.63) is 17.0 Å². The van der Waals surface area contributed by atoms with E-state index in [2.05, 4.69) is 5.32 Å². The van der Waals surface area contributed by atoms with Gasteiger partial charge in [0.1, 0.15) is 4.21 Å². The van der Waals surface area contributed by atoms with E-state index in [0.29, 0.717) is 23.3 Å². The number of rotatable bonds is 5. The van der Waals surface area contributed by atoms with Crippen molar-refractivity contribution in [3.8, 4) is 0 Å². The summed E-state index contributed by atoms with van der Waals surface area (Å²) >= 11 is 1.31. The molecule has 0 bridgehead atoms. The average Bonchev–Trinajstić information content (AvgIpc) is 3.11. The van der Waals surface area contributed by atoms with Crippen LogP contribution in [-0.2, 0) is 21.3 Å². The minimum Gasteiger partial charge on any atom is -0.373 e. The summed E-state index contributed by atoms with van der Waals surface area (Å²) in [5, 5.41) is 5.35. The molecule has 21 heavy (non-hydrogen) atoms. The van der Waals surface area contributed by atoms with Gasteiger partial charge >= 0.3 is 0 Å². The van der Waals surface area contributed by atoms with Crippen LogP contribution in [0.5, 0.6) is 0 Å². The molecule has 0 spiro atoms. The normalized spacial score (nSPS) is 27.9. The van der Waals surface area contributed by atoms with Crippen molar-refractivity contribution in [2.24, 2.45) is 0 Å². The molecule has 0 amide bonds. The highest BCUT2D eigenvalue weighted by Crippen LogP contribution is 2.27. The third-order valence-corrected chi connectivity index (χ3v) is 7.08. The molecule has 2 fully saturated rings. The molecule has 118 valence electrons. The first-order chi connectivity index (χ1) is 9.95. The Morgan fingerprint density at radius 1 is 1.33 bits per heavy atom. The zero-order valence-electron chi connectivity index (χ0n) is 12.4. The Hall–Kier alpha value is -0.470. The summed E-state index contributed by atoms with van der Waals surface area (Å²) in [5.74, 6) is 0. The summed E-state index contributed by atoms with van der Waals surface area (Å²) in [4.78, 5) is 0. The van der Waals surface area contributed by atoms with Gasteiger partial charge in [0.2, 0.25) is 0 Å². The van der Waals surface area contributed by atoms with Gasteiger partial charge in [-0.2, -0.15) is 4.31 Å². The van der Waals surface area contributed by atoms with Crippen LogP contribution in [0.25, 0.3) is 0 Å². The second-order valence-corrected chi connectivity index (χ2v) is 9.08. The summed E-state index contributed by atoms with van der Waals surface area (Å²) in [7, 11) is -3.39. The maximum Gasteiger partial charge on any atom is 0.252 e. The zero-order valence-corrected chi connectivity index (χ0v) is 14.0. The summed E-state index contributed by atoms with van der Waals surface area (Å²) in [6.45, 7) is 5.45. The van der Waals surface area contributed by atoms with E-state index in [1.807, 2.05) is 19.2 Å². The first-order valence-corrected chi connectivity index (χ1v) is 9.73. The molecular formula is C14H22N2O3S2. The van der Waals surface area contributed by atoms with Crippen molar-refractivity contribution in [1.29, 1.82) is 0 Å². The van der Waals surface area contributed by atoms with E-state index >= 15 is 0 Å². The number of ether oxygens (including phenoxy) is 1. The highest BCUT2D eigenvalue weighted by atomic mass is 32.2. The average molecular weight is 330 g/mol. The Morgan fingerprint density at radius 3 is 2.62 bits per heavy atom. The molecule has 0 radical (unpaired) electrons. The second-order valence-electron chi connectivity index (χ2n) is 6.01. The van der Waals surface area contributed by atoms with Crippen LogP contribution in [0.15, 0.2) is 15.7 Å². The van der Waals surface area contributed by atoms with Crippen molar-refractivity contribution in [2.75, 3.05) is 13.1 Å². The largest absolute Gasteiger partial charge is 0.373 e. The van der Waals surface area contributed by atoms with Gasteiger partial charge in [0, 0.05) is 25.7 Å². The summed E-state index contributed by atoms with van der Waals surface area (Å²) in [6, 6.07) is 2.44. The molecule has 1 aromatic rings. The van der Waals surface area contributed by atoms with Crippen molar-refractivity contribution < 1.29 is 13.2 Å². The van der Waals surface area contributed by atoms with Crippen LogP contribution in [0, 0.1) is 0 Å². The van der Waals surface area contributed by atoms with Gasteiger partial charge in [0.25, 0.3) is 10.0 Å². The number of hydrogen-bond acceptors (Lipinski definition) is 5. The first kappa shape index (κ1) is 15.4. The monoisotopic (exact) mass is 330 g/mol. The Kier molecular flexibility index (Phi) is 4.38. The SMILES string of the molecule is C[C@@H]1CN(S(=O)(=O)c2cc(CNC3CC3)cs2)C[C@H](C)O1. The summed E-state index contributed by atoms with van der Waals surface area (Å²) in [6.07, 6.45) is 2.36. The molecule has 1 aliphatic carbocycles. The van der Waals surface area contributed by atoms with Crippen LogP contribution in [0.4, 0.5) is 0 Å². The minimum absolute atomic E-state index is 0.0560.